The van der Waals surface area contributed by atoms with Crippen LogP contribution in [0.25, 0.3) is 0 Å². The van der Waals surface area contributed by atoms with E-state index in [4.69, 9.17) is 20.3 Å². The molecule has 0 amide bonds. The van der Waals surface area contributed by atoms with Gasteiger partial charge < -0.3 is 20.3 Å². The first kappa shape index (κ1) is 12.0. The molecule has 15 heavy (non-hydrogen) atoms. The van der Waals surface area contributed by atoms with E-state index < -0.39 is 6.04 Å². The summed E-state index contributed by atoms with van der Waals surface area (Å²) in [7, 11) is 3.22. The second kappa shape index (κ2) is 5.70. The fraction of sp³-hybridized carbons (Fsp3) is 0.455. The van der Waals surface area contributed by atoms with Gasteiger partial charge in [0.15, 0.2) is 0 Å². The number of hydrogen-bond acceptors (Lipinski definition) is 4. The summed E-state index contributed by atoms with van der Waals surface area (Å²) in [5.41, 5.74) is 7.62. The lowest BCUT2D eigenvalue weighted by molar-refractivity contribution is 0.182. The van der Waals surface area contributed by atoms with Crippen molar-refractivity contribution in [1.82, 2.24) is 0 Å². The average Bonchev–Trinajstić information content (AvgIpc) is 2.29. The fourth-order valence-electron chi connectivity index (χ4n) is 1.43. The Balaban J connectivity index is 3.04. The van der Waals surface area contributed by atoms with E-state index in [0.29, 0.717) is 6.61 Å². The molecule has 4 heteroatoms. The molecule has 4 nitrogen and oxygen atoms in total. The molecular weight excluding hydrogens is 194 g/mol. The molecule has 0 saturated carbocycles. The van der Waals surface area contributed by atoms with Crippen molar-refractivity contribution in [2.75, 3.05) is 20.8 Å². The zero-order valence-corrected chi connectivity index (χ0v) is 9.06. The molecule has 0 radical (unpaired) electrons. The molecule has 0 bridgehead atoms. The van der Waals surface area contributed by atoms with Crippen LogP contribution in [0.5, 0.6) is 5.75 Å². The second-order valence-electron chi connectivity index (χ2n) is 3.29. The number of aliphatic hydroxyl groups is 1. The highest BCUT2D eigenvalue weighted by Crippen LogP contribution is 2.22. The van der Waals surface area contributed by atoms with Gasteiger partial charge >= 0.3 is 0 Å². The number of methoxy groups -OCH3 is 2. The SMILES string of the molecule is COCc1ccc(OC)cc1C(N)CO. The monoisotopic (exact) mass is 211 g/mol. The largest absolute Gasteiger partial charge is 0.497 e. The Morgan fingerprint density at radius 1 is 1.40 bits per heavy atom. The molecule has 1 atom stereocenters. The molecule has 1 aromatic rings. The quantitative estimate of drug-likeness (QED) is 0.757. The smallest absolute Gasteiger partial charge is 0.119 e. The highest BCUT2D eigenvalue weighted by atomic mass is 16.5. The van der Waals surface area contributed by atoms with E-state index in [0.717, 1.165) is 16.9 Å². The predicted octanol–water partition coefficient (Wildman–Crippen LogP) is 0.834. The van der Waals surface area contributed by atoms with Gasteiger partial charge in [-0.1, -0.05) is 6.07 Å². The van der Waals surface area contributed by atoms with Crippen LogP contribution in [0.1, 0.15) is 17.2 Å². The van der Waals surface area contributed by atoms with Crippen LogP contribution in [0.15, 0.2) is 18.2 Å². The van der Waals surface area contributed by atoms with Gasteiger partial charge in [0, 0.05) is 7.11 Å². The van der Waals surface area contributed by atoms with Gasteiger partial charge in [0.1, 0.15) is 5.75 Å². The van der Waals surface area contributed by atoms with Crippen molar-refractivity contribution >= 4 is 0 Å². The highest BCUT2D eigenvalue weighted by Gasteiger charge is 2.11. The standard InChI is InChI=1S/C11H17NO3/c1-14-7-8-3-4-9(15-2)5-10(8)11(12)6-13/h3-5,11,13H,6-7,12H2,1-2H3. The minimum Gasteiger partial charge on any atom is -0.497 e. The highest BCUT2D eigenvalue weighted by molar-refractivity contribution is 5.37. The van der Waals surface area contributed by atoms with Crippen LogP contribution in [0.3, 0.4) is 0 Å². The Morgan fingerprint density at radius 3 is 2.67 bits per heavy atom. The maximum absolute atomic E-state index is 9.04. The Hall–Kier alpha value is -1.10. The normalized spacial score (nSPS) is 12.5. The van der Waals surface area contributed by atoms with Crippen molar-refractivity contribution in [3.8, 4) is 5.75 Å². The lowest BCUT2D eigenvalue weighted by Crippen LogP contribution is -2.16. The van der Waals surface area contributed by atoms with Crippen molar-refractivity contribution in [3.63, 3.8) is 0 Å². The first-order chi connectivity index (χ1) is 7.22. The molecular formula is C11H17NO3. The first-order valence-electron chi connectivity index (χ1n) is 4.75. The summed E-state index contributed by atoms with van der Waals surface area (Å²) < 4.78 is 10.2. The Morgan fingerprint density at radius 2 is 2.13 bits per heavy atom. The summed E-state index contributed by atoms with van der Waals surface area (Å²) in [6.07, 6.45) is 0. The van der Waals surface area contributed by atoms with Crippen molar-refractivity contribution in [1.29, 1.82) is 0 Å². The van der Waals surface area contributed by atoms with Crippen LogP contribution >= 0.6 is 0 Å². The molecule has 0 aliphatic rings. The molecule has 1 rings (SSSR count). The molecule has 1 unspecified atom stereocenters. The van der Waals surface area contributed by atoms with Gasteiger partial charge in [0.05, 0.1) is 26.4 Å². The van der Waals surface area contributed by atoms with Crippen LogP contribution in [0, 0.1) is 0 Å². The molecule has 0 aliphatic heterocycles. The van der Waals surface area contributed by atoms with E-state index >= 15 is 0 Å². The first-order valence-corrected chi connectivity index (χ1v) is 4.75. The number of rotatable bonds is 5. The molecule has 0 spiro atoms. The average molecular weight is 211 g/mol. The predicted molar refractivity (Wildman–Crippen MR) is 57.7 cm³/mol. The third-order valence-corrected chi connectivity index (χ3v) is 2.25. The Bertz CT molecular complexity index is 315. The summed E-state index contributed by atoms with van der Waals surface area (Å²) in [5.74, 6) is 0.730. The van der Waals surface area contributed by atoms with Crippen LogP contribution in [0.2, 0.25) is 0 Å². The van der Waals surface area contributed by atoms with Crippen LogP contribution in [-0.4, -0.2) is 25.9 Å². The maximum atomic E-state index is 9.04. The second-order valence-corrected chi connectivity index (χ2v) is 3.29. The van der Waals surface area contributed by atoms with Gasteiger partial charge in [-0.2, -0.15) is 0 Å². The molecule has 0 aromatic heterocycles. The zero-order chi connectivity index (χ0) is 11.3. The van der Waals surface area contributed by atoms with E-state index in [9.17, 15) is 0 Å². The molecule has 84 valence electrons. The third kappa shape index (κ3) is 2.92. The lowest BCUT2D eigenvalue weighted by Gasteiger charge is -2.15. The van der Waals surface area contributed by atoms with E-state index in [1.54, 1.807) is 14.2 Å². The topological polar surface area (TPSA) is 64.7 Å². The summed E-state index contributed by atoms with van der Waals surface area (Å²) in [6, 6.07) is 5.18. The van der Waals surface area contributed by atoms with Gasteiger partial charge in [-0.3, -0.25) is 0 Å². The van der Waals surface area contributed by atoms with Gasteiger partial charge in [0.2, 0.25) is 0 Å². The minimum atomic E-state index is -0.398. The maximum Gasteiger partial charge on any atom is 0.119 e. The van der Waals surface area contributed by atoms with Gasteiger partial charge in [-0.15, -0.1) is 0 Å². The van der Waals surface area contributed by atoms with E-state index in [1.165, 1.54) is 0 Å². The van der Waals surface area contributed by atoms with Gasteiger partial charge in [-0.05, 0) is 23.3 Å². The van der Waals surface area contributed by atoms with E-state index in [-0.39, 0.29) is 6.61 Å². The Labute approximate surface area is 89.6 Å². The van der Waals surface area contributed by atoms with E-state index in [1.807, 2.05) is 18.2 Å². The number of benzene rings is 1. The third-order valence-electron chi connectivity index (χ3n) is 2.25. The number of nitrogens with two attached hydrogens (primary N) is 1. The van der Waals surface area contributed by atoms with Crippen molar-refractivity contribution in [2.24, 2.45) is 5.73 Å². The zero-order valence-electron chi connectivity index (χ0n) is 9.06. The minimum absolute atomic E-state index is 0.0934. The van der Waals surface area contributed by atoms with Crippen molar-refractivity contribution in [3.05, 3.63) is 29.3 Å². The van der Waals surface area contributed by atoms with Gasteiger partial charge in [0.25, 0.3) is 0 Å². The van der Waals surface area contributed by atoms with Crippen LogP contribution < -0.4 is 10.5 Å². The summed E-state index contributed by atoms with van der Waals surface area (Å²) in [4.78, 5) is 0. The number of aliphatic hydroxyl groups excluding tert-OH is 1. The molecule has 0 saturated heterocycles. The lowest BCUT2D eigenvalue weighted by atomic mass is 10.0. The summed E-state index contributed by atoms with van der Waals surface area (Å²) >= 11 is 0. The molecule has 0 heterocycles. The molecule has 0 aliphatic carbocycles. The molecule has 3 N–H and O–H groups in total. The van der Waals surface area contributed by atoms with Crippen LogP contribution in [0.4, 0.5) is 0 Å². The van der Waals surface area contributed by atoms with Crippen LogP contribution in [-0.2, 0) is 11.3 Å². The molecule has 0 fully saturated rings. The molecule has 1 aromatic carbocycles. The van der Waals surface area contributed by atoms with E-state index in [2.05, 4.69) is 0 Å². The van der Waals surface area contributed by atoms with Crippen molar-refractivity contribution in [2.45, 2.75) is 12.6 Å². The number of ether oxygens (including phenoxy) is 2. The Kier molecular flexibility index (Phi) is 4.55. The summed E-state index contributed by atoms with van der Waals surface area (Å²) in [5, 5.41) is 9.04. The summed E-state index contributed by atoms with van der Waals surface area (Å²) in [6.45, 7) is 0.386. The van der Waals surface area contributed by atoms with Gasteiger partial charge in [-0.25, -0.2) is 0 Å². The fourth-order valence-corrected chi connectivity index (χ4v) is 1.43. The number of hydrogen-bond donors (Lipinski definition) is 2. The van der Waals surface area contributed by atoms with Crippen molar-refractivity contribution < 1.29 is 14.6 Å².